The molecular weight excluding hydrogens is 638 g/mol. The number of nitrogens with zero attached hydrogens (tertiary/aromatic N) is 3. The van der Waals surface area contributed by atoms with Crippen LogP contribution in [-0.2, 0) is 25.6 Å². The summed E-state index contributed by atoms with van der Waals surface area (Å²) in [6, 6.07) is 10.3. The van der Waals surface area contributed by atoms with Crippen molar-refractivity contribution in [2.24, 2.45) is 4.99 Å². The quantitative estimate of drug-likeness (QED) is 0.247. The van der Waals surface area contributed by atoms with E-state index >= 15 is 0 Å². The lowest BCUT2D eigenvalue weighted by Gasteiger charge is -2.26. The number of allylic oxidation sites excluding steroid dienone is 1. The lowest BCUT2D eigenvalue weighted by atomic mass is 9.95. The summed E-state index contributed by atoms with van der Waals surface area (Å²) in [6.07, 6.45) is 3.62. The summed E-state index contributed by atoms with van der Waals surface area (Å²) in [6.45, 7) is 5.71. The average molecular weight is 669 g/mol. The molecule has 12 heteroatoms. The Morgan fingerprint density at radius 2 is 1.77 bits per heavy atom. The first kappa shape index (κ1) is 30.3. The number of para-hydroxylation sites is 1. The molecule has 4 aromatic rings. The molecule has 0 fully saturated rings. The zero-order valence-electron chi connectivity index (χ0n) is 24.3. The van der Waals surface area contributed by atoms with Crippen LogP contribution in [-0.4, -0.2) is 48.5 Å². The van der Waals surface area contributed by atoms with Gasteiger partial charge in [-0.3, -0.25) is 14.2 Å². The van der Waals surface area contributed by atoms with Gasteiger partial charge in [0.1, 0.15) is 6.54 Å². The third kappa shape index (κ3) is 5.64. The van der Waals surface area contributed by atoms with Crippen molar-refractivity contribution in [2.75, 3.05) is 27.4 Å². The van der Waals surface area contributed by atoms with Gasteiger partial charge in [0.15, 0.2) is 16.3 Å². The van der Waals surface area contributed by atoms with Crippen molar-refractivity contribution in [3.63, 3.8) is 0 Å². The standard InChI is InChI=1S/C31H30BrN3O7S/c1-6-41-26(36)16-34-15-18(19-10-8-9-11-22(19)34)12-25-29(37)35-28(20-13-23(39-4)24(40-5)14-21(20)32)27(30(38)42-7-2)17(3)33-31(35)43-25/h8-15,28H,6-7,16H2,1-5H3/b25-12-/t28-/m0/s1. The summed E-state index contributed by atoms with van der Waals surface area (Å²) >= 11 is 4.84. The number of benzene rings is 2. The lowest BCUT2D eigenvalue weighted by molar-refractivity contribution is -0.143. The Morgan fingerprint density at radius 3 is 2.47 bits per heavy atom. The molecule has 0 unspecified atom stereocenters. The Bertz CT molecular complexity index is 1950. The summed E-state index contributed by atoms with van der Waals surface area (Å²) < 4.78 is 25.9. The number of aromatic nitrogens is 2. The molecule has 1 atom stereocenters. The third-order valence-corrected chi connectivity index (χ3v) is 8.69. The van der Waals surface area contributed by atoms with E-state index in [1.807, 2.05) is 35.0 Å². The van der Waals surface area contributed by atoms with Gasteiger partial charge in [0.05, 0.1) is 49.3 Å². The summed E-state index contributed by atoms with van der Waals surface area (Å²) in [5.74, 6) is 0.0154. The van der Waals surface area contributed by atoms with Crippen LogP contribution in [0.3, 0.4) is 0 Å². The van der Waals surface area contributed by atoms with E-state index in [1.165, 1.54) is 30.1 Å². The largest absolute Gasteiger partial charge is 0.493 e. The fourth-order valence-electron chi connectivity index (χ4n) is 5.17. The van der Waals surface area contributed by atoms with Gasteiger partial charge in [-0.25, -0.2) is 9.79 Å². The van der Waals surface area contributed by atoms with Gasteiger partial charge in [0.25, 0.3) is 5.56 Å². The maximum absolute atomic E-state index is 14.2. The van der Waals surface area contributed by atoms with Crippen molar-refractivity contribution in [1.82, 2.24) is 9.13 Å². The molecule has 0 bridgehead atoms. The topological polar surface area (TPSA) is 110 Å². The molecule has 43 heavy (non-hydrogen) atoms. The Morgan fingerprint density at radius 1 is 1.07 bits per heavy atom. The molecule has 0 N–H and O–H groups in total. The number of esters is 2. The molecule has 224 valence electrons. The molecule has 0 saturated carbocycles. The number of rotatable bonds is 9. The predicted molar refractivity (Wildman–Crippen MR) is 166 cm³/mol. The Balaban J connectivity index is 1.73. The van der Waals surface area contributed by atoms with Crippen LogP contribution in [0.2, 0.25) is 0 Å². The highest BCUT2D eigenvalue weighted by Gasteiger charge is 2.35. The number of hydrogen-bond acceptors (Lipinski definition) is 9. The molecule has 1 aliphatic rings. The van der Waals surface area contributed by atoms with E-state index in [0.29, 0.717) is 36.6 Å². The first-order valence-electron chi connectivity index (χ1n) is 13.6. The molecule has 0 aliphatic carbocycles. The number of carbonyl (C=O) groups excluding carboxylic acids is 2. The van der Waals surface area contributed by atoms with E-state index in [-0.39, 0.29) is 36.9 Å². The summed E-state index contributed by atoms with van der Waals surface area (Å²) in [5.41, 5.74) is 2.57. The number of hydrogen-bond donors (Lipinski definition) is 0. The Labute approximate surface area is 259 Å². The molecule has 0 spiro atoms. The van der Waals surface area contributed by atoms with Crippen LogP contribution < -0.4 is 24.4 Å². The fourth-order valence-corrected chi connectivity index (χ4v) is 6.75. The van der Waals surface area contributed by atoms with Crippen LogP contribution in [0, 0.1) is 0 Å². The minimum Gasteiger partial charge on any atom is -0.493 e. The van der Waals surface area contributed by atoms with E-state index in [4.69, 9.17) is 18.9 Å². The Hall–Kier alpha value is -4.16. The van der Waals surface area contributed by atoms with Crippen molar-refractivity contribution in [3.05, 3.63) is 89.2 Å². The fraction of sp³-hybridized carbons (Fsp3) is 0.290. The molecule has 2 aromatic carbocycles. The average Bonchev–Trinajstić information content (AvgIpc) is 3.48. The minimum absolute atomic E-state index is 0.0405. The maximum atomic E-state index is 14.2. The predicted octanol–water partition coefficient (Wildman–Crippen LogP) is 4.10. The van der Waals surface area contributed by atoms with Gasteiger partial charge < -0.3 is 23.5 Å². The molecular formula is C31H30BrN3O7S. The second-order valence-electron chi connectivity index (χ2n) is 9.57. The SMILES string of the molecule is CCOC(=O)Cn1cc(/C=c2\sc3n(c2=O)[C@@H](c2cc(OC)c(OC)cc2Br)C(C(=O)OCC)=C(C)N=3)c2ccccc21. The Kier molecular flexibility index (Phi) is 8.88. The van der Waals surface area contributed by atoms with Crippen LogP contribution in [0.15, 0.2) is 68.1 Å². The summed E-state index contributed by atoms with van der Waals surface area (Å²) in [5, 5.41) is 0.875. The second-order valence-corrected chi connectivity index (χ2v) is 11.4. The van der Waals surface area contributed by atoms with Crippen LogP contribution in [0.5, 0.6) is 11.5 Å². The van der Waals surface area contributed by atoms with Crippen molar-refractivity contribution in [1.29, 1.82) is 0 Å². The highest BCUT2D eigenvalue weighted by atomic mass is 79.9. The normalized spacial score (nSPS) is 14.8. The van der Waals surface area contributed by atoms with Crippen molar-refractivity contribution < 1.29 is 28.5 Å². The summed E-state index contributed by atoms with van der Waals surface area (Å²) in [7, 11) is 3.05. The molecule has 2 aromatic heterocycles. The van der Waals surface area contributed by atoms with E-state index in [0.717, 1.165) is 16.5 Å². The van der Waals surface area contributed by atoms with Gasteiger partial charge >= 0.3 is 11.9 Å². The monoisotopic (exact) mass is 667 g/mol. The molecule has 0 saturated heterocycles. The van der Waals surface area contributed by atoms with Gasteiger partial charge in [0.2, 0.25) is 0 Å². The first-order chi connectivity index (χ1) is 20.7. The third-order valence-electron chi connectivity index (χ3n) is 7.03. The number of carbonyl (C=O) groups is 2. The molecule has 0 radical (unpaired) electrons. The van der Waals surface area contributed by atoms with Gasteiger partial charge in [-0.05, 0) is 50.6 Å². The molecule has 10 nitrogen and oxygen atoms in total. The molecule has 5 rings (SSSR count). The smallest absolute Gasteiger partial charge is 0.338 e. The lowest BCUT2D eigenvalue weighted by Crippen LogP contribution is -2.40. The van der Waals surface area contributed by atoms with Crippen molar-refractivity contribution in [2.45, 2.75) is 33.4 Å². The van der Waals surface area contributed by atoms with E-state index in [2.05, 4.69) is 20.9 Å². The number of halogens is 1. The zero-order chi connectivity index (χ0) is 30.8. The molecule has 1 aliphatic heterocycles. The highest BCUT2D eigenvalue weighted by Crippen LogP contribution is 2.40. The number of ether oxygens (including phenoxy) is 4. The van der Waals surface area contributed by atoms with E-state index in [9.17, 15) is 14.4 Å². The number of methoxy groups -OCH3 is 2. The van der Waals surface area contributed by atoms with Gasteiger partial charge in [-0.15, -0.1) is 0 Å². The number of thiazole rings is 1. The van der Waals surface area contributed by atoms with Gasteiger partial charge in [-0.2, -0.15) is 0 Å². The van der Waals surface area contributed by atoms with Crippen molar-refractivity contribution in [3.8, 4) is 11.5 Å². The zero-order valence-corrected chi connectivity index (χ0v) is 26.7. The second kappa shape index (κ2) is 12.6. The maximum Gasteiger partial charge on any atom is 0.338 e. The van der Waals surface area contributed by atoms with Crippen LogP contribution in [0.1, 0.15) is 37.9 Å². The number of fused-ring (bicyclic) bond motifs is 2. The molecule has 3 heterocycles. The van der Waals surface area contributed by atoms with Gasteiger partial charge in [-0.1, -0.05) is 45.5 Å². The van der Waals surface area contributed by atoms with Crippen LogP contribution in [0.4, 0.5) is 0 Å². The molecule has 0 amide bonds. The van der Waals surface area contributed by atoms with Gasteiger partial charge in [0, 0.05) is 27.1 Å². The van der Waals surface area contributed by atoms with Crippen LogP contribution >= 0.6 is 27.3 Å². The summed E-state index contributed by atoms with van der Waals surface area (Å²) in [4.78, 5) is 44.9. The van der Waals surface area contributed by atoms with E-state index in [1.54, 1.807) is 39.0 Å². The highest BCUT2D eigenvalue weighted by molar-refractivity contribution is 9.10. The minimum atomic E-state index is -0.850. The van der Waals surface area contributed by atoms with Crippen LogP contribution in [0.25, 0.3) is 17.0 Å². The first-order valence-corrected chi connectivity index (χ1v) is 15.2. The van der Waals surface area contributed by atoms with Crippen molar-refractivity contribution >= 4 is 56.2 Å². The van der Waals surface area contributed by atoms with E-state index < -0.39 is 12.0 Å².